The monoisotopic (exact) mass is 294 g/mol. The second-order valence-corrected chi connectivity index (χ2v) is 5.77. The lowest BCUT2D eigenvalue weighted by atomic mass is 10.1. The number of carbonyl (C=O) groups excluding carboxylic acids is 2. The number of amides is 2. The molecule has 0 heterocycles. The maximum Gasteiger partial charge on any atom is 0.254 e. The molecule has 0 aliphatic heterocycles. The van der Waals surface area contributed by atoms with Crippen LogP contribution in [0.3, 0.4) is 0 Å². The summed E-state index contributed by atoms with van der Waals surface area (Å²) in [5.74, 6) is 0.00535. The van der Waals surface area contributed by atoms with Gasteiger partial charge in [-0.3, -0.25) is 9.59 Å². The summed E-state index contributed by atoms with van der Waals surface area (Å²) in [6, 6.07) is 5.00. The van der Waals surface area contributed by atoms with Crippen molar-refractivity contribution >= 4 is 29.1 Å². The van der Waals surface area contributed by atoms with Gasteiger partial charge in [-0.2, -0.15) is 0 Å². The number of carbonyl (C=O) groups is 2. The zero-order valence-corrected chi connectivity index (χ0v) is 12.5. The van der Waals surface area contributed by atoms with Crippen LogP contribution in [-0.2, 0) is 4.79 Å². The van der Waals surface area contributed by atoms with Crippen LogP contribution >= 0.6 is 11.6 Å². The highest BCUT2D eigenvalue weighted by Gasteiger charge is 2.23. The highest BCUT2D eigenvalue weighted by molar-refractivity contribution is 6.34. The molecule has 5 heteroatoms. The molecule has 0 unspecified atom stereocenters. The van der Waals surface area contributed by atoms with E-state index in [0.717, 1.165) is 25.7 Å². The minimum Gasteiger partial charge on any atom is -0.345 e. The van der Waals surface area contributed by atoms with Gasteiger partial charge >= 0.3 is 0 Å². The number of hydrogen-bond donors (Lipinski definition) is 1. The van der Waals surface area contributed by atoms with Gasteiger partial charge in [-0.1, -0.05) is 24.4 Å². The highest BCUT2D eigenvalue weighted by atomic mass is 35.5. The highest BCUT2D eigenvalue weighted by Crippen LogP contribution is 2.27. The number of nitrogens with zero attached hydrogens (tertiary/aromatic N) is 1. The third kappa shape index (κ3) is 3.31. The Hall–Kier alpha value is -1.55. The van der Waals surface area contributed by atoms with Crippen LogP contribution in [0.4, 0.5) is 5.69 Å². The molecule has 1 aromatic carbocycles. The molecule has 0 aromatic heterocycles. The molecule has 0 atom stereocenters. The zero-order valence-electron chi connectivity index (χ0n) is 11.8. The topological polar surface area (TPSA) is 49.4 Å². The first kappa shape index (κ1) is 14.9. The van der Waals surface area contributed by atoms with E-state index >= 15 is 0 Å². The Labute approximate surface area is 124 Å². The molecule has 0 radical (unpaired) electrons. The van der Waals surface area contributed by atoms with E-state index in [1.807, 2.05) is 0 Å². The van der Waals surface area contributed by atoms with Crippen molar-refractivity contribution in [1.29, 1.82) is 0 Å². The van der Waals surface area contributed by atoms with E-state index in [-0.39, 0.29) is 17.7 Å². The molecule has 1 aliphatic rings. The van der Waals surface area contributed by atoms with Crippen LogP contribution in [0, 0.1) is 5.92 Å². The Balaban J connectivity index is 2.09. The number of hydrogen-bond acceptors (Lipinski definition) is 2. The van der Waals surface area contributed by atoms with Gasteiger partial charge in [-0.05, 0) is 31.0 Å². The summed E-state index contributed by atoms with van der Waals surface area (Å²) in [6.45, 7) is 0. The normalized spacial score (nSPS) is 15.2. The number of nitrogens with one attached hydrogen (secondary N) is 1. The van der Waals surface area contributed by atoms with Gasteiger partial charge in [0, 0.05) is 25.7 Å². The molecule has 0 spiro atoms. The van der Waals surface area contributed by atoms with Crippen LogP contribution in [0.15, 0.2) is 18.2 Å². The lowest BCUT2D eigenvalue weighted by Crippen LogP contribution is -2.22. The van der Waals surface area contributed by atoms with Crippen LogP contribution in [0.1, 0.15) is 36.0 Å². The minimum absolute atomic E-state index is 0.0465. The van der Waals surface area contributed by atoms with E-state index in [4.69, 9.17) is 11.6 Å². The maximum atomic E-state index is 12.0. The van der Waals surface area contributed by atoms with E-state index in [1.54, 1.807) is 32.3 Å². The van der Waals surface area contributed by atoms with Gasteiger partial charge < -0.3 is 10.2 Å². The van der Waals surface area contributed by atoms with Gasteiger partial charge in [0.05, 0.1) is 10.6 Å². The lowest BCUT2D eigenvalue weighted by molar-refractivity contribution is -0.119. The Kier molecular flexibility index (Phi) is 4.65. The Bertz CT molecular complexity index is 523. The largest absolute Gasteiger partial charge is 0.345 e. The third-order valence-electron chi connectivity index (χ3n) is 3.60. The molecule has 1 fully saturated rings. The Morgan fingerprint density at radius 2 is 1.90 bits per heavy atom. The number of benzene rings is 1. The number of anilines is 1. The molecule has 1 N–H and O–H groups in total. The molecule has 4 nitrogen and oxygen atoms in total. The average molecular weight is 295 g/mol. The molecule has 1 saturated carbocycles. The molecular formula is C15H19ClN2O2. The van der Waals surface area contributed by atoms with Crippen molar-refractivity contribution in [2.24, 2.45) is 5.92 Å². The molecule has 2 rings (SSSR count). The fraction of sp³-hybridized carbons (Fsp3) is 0.467. The second kappa shape index (κ2) is 6.27. The quantitative estimate of drug-likeness (QED) is 0.931. The van der Waals surface area contributed by atoms with E-state index in [1.165, 1.54) is 4.90 Å². The lowest BCUT2D eigenvalue weighted by Gasteiger charge is -2.14. The van der Waals surface area contributed by atoms with Gasteiger partial charge in [-0.25, -0.2) is 0 Å². The number of rotatable bonds is 3. The van der Waals surface area contributed by atoms with Gasteiger partial charge in [0.2, 0.25) is 5.91 Å². The van der Waals surface area contributed by atoms with Crippen molar-refractivity contribution in [2.75, 3.05) is 19.4 Å². The summed E-state index contributed by atoms with van der Waals surface area (Å²) in [5.41, 5.74) is 1.08. The fourth-order valence-electron chi connectivity index (χ4n) is 2.44. The van der Waals surface area contributed by atoms with Crippen LogP contribution in [0.5, 0.6) is 0 Å². The van der Waals surface area contributed by atoms with Crippen molar-refractivity contribution in [3.05, 3.63) is 28.8 Å². The Morgan fingerprint density at radius 3 is 2.45 bits per heavy atom. The average Bonchev–Trinajstić information content (AvgIpc) is 2.92. The smallest absolute Gasteiger partial charge is 0.254 e. The maximum absolute atomic E-state index is 12.0. The van der Waals surface area contributed by atoms with E-state index in [9.17, 15) is 9.59 Å². The van der Waals surface area contributed by atoms with E-state index in [2.05, 4.69) is 5.32 Å². The zero-order chi connectivity index (χ0) is 14.7. The van der Waals surface area contributed by atoms with Crippen molar-refractivity contribution in [3.8, 4) is 0 Å². The summed E-state index contributed by atoms with van der Waals surface area (Å²) in [4.78, 5) is 25.4. The fourth-order valence-corrected chi connectivity index (χ4v) is 2.70. The first-order valence-corrected chi connectivity index (χ1v) is 7.19. The predicted octanol–water partition coefficient (Wildman–Crippen LogP) is 3.17. The minimum atomic E-state index is -0.149. The van der Waals surface area contributed by atoms with Gasteiger partial charge in [-0.15, -0.1) is 0 Å². The Morgan fingerprint density at radius 1 is 1.25 bits per heavy atom. The van der Waals surface area contributed by atoms with Crippen molar-refractivity contribution < 1.29 is 9.59 Å². The van der Waals surface area contributed by atoms with Crippen LogP contribution in [0.2, 0.25) is 5.02 Å². The van der Waals surface area contributed by atoms with Gasteiger partial charge in [0.1, 0.15) is 0 Å². The summed E-state index contributed by atoms with van der Waals surface area (Å²) in [5, 5.41) is 3.23. The van der Waals surface area contributed by atoms with Gasteiger partial charge in [0.25, 0.3) is 5.91 Å². The summed E-state index contributed by atoms with van der Waals surface area (Å²) in [6.07, 6.45) is 4.15. The molecular weight excluding hydrogens is 276 g/mol. The van der Waals surface area contributed by atoms with Gasteiger partial charge in [0.15, 0.2) is 0 Å². The second-order valence-electron chi connectivity index (χ2n) is 5.36. The van der Waals surface area contributed by atoms with E-state index < -0.39 is 0 Å². The molecule has 20 heavy (non-hydrogen) atoms. The first-order valence-electron chi connectivity index (χ1n) is 6.81. The first-order chi connectivity index (χ1) is 9.49. The standard InChI is InChI=1S/C15H19ClN2O2/c1-18(2)15(20)12-8-7-11(9-13(12)16)17-14(19)10-5-3-4-6-10/h7-10H,3-6H2,1-2H3,(H,17,19). The molecule has 1 aliphatic carbocycles. The molecule has 1 aromatic rings. The molecule has 2 amide bonds. The summed E-state index contributed by atoms with van der Waals surface area (Å²) >= 11 is 6.11. The van der Waals surface area contributed by atoms with Crippen LogP contribution < -0.4 is 5.32 Å². The van der Waals surface area contributed by atoms with Crippen LogP contribution in [0.25, 0.3) is 0 Å². The van der Waals surface area contributed by atoms with E-state index in [0.29, 0.717) is 16.3 Å². The van der Waals surface area contributed by atoms with Crippen LogP contribution in [-0.4, -0.2) is 30.8 Å². The predicted molar refractivity (Wildman–Crippen MR) is 80.1 cm³/mol. The molecule has 0 saturated heterocycles. The SMILES string of the molecule is CN(C)C(=O)c1ccc(NC(=O)C2CCCC2)cc1Cl. The number of halogens is 1. The van der Waals surface area contributed by atoms with Crippen molar-refractivity contribution in [1.82, 2.24) is 4.90 Å². The molecule has 108 valence electrons. The molecule has 0 bridgehead atoms. The summed E-state index contributed by atoms with van der Waals surface area (Å²) in [7, 11) is 3.35. The van der Waals surface area contributed by atoms with Crippen molar-refractivity contribution in [3.63, 3.8) is 0 Å². The van der Waals surface area contributed by atoms with Crippen molar-refractivity contribution in [2.45, 2.75) is 25.7 Å². The third-order valence-corrected chi connectivity index (χ3v) is 3.91. The summed E-state index contributed by atoms with van der Waals surface area (Å²) < 4.78 is 0.